The lowest BCUT2D eigenvalue weighted by molar-refractivity contribution is -0.139. The fourth-order valence-electron chi connectivity index (χ4n) is 6.64. The summed E-state index contributed by atoms with van der Waals surface area (Å²) in [6.07, 6.45) is 8.51. The highest BCUT2D eigenvalue weighted by atomic mass is 35.5. The fraction of sp³-hybridized carbons (Fsp3) is 0.548. The maximum absolute atomic E-state index is 14.2. The standard InChI is InChI=1S/C31H41ClN4O5S/c1-34-28(22-11-5-2-6-12-22)21-36(24-13-7-3-8-14-24)27-20-25(32)23(19-29(27)42(34,40)41)15-16-26(30(37)38)33-31(39)35-17-9-4-10-18-35/h3,7-8,13-14,19-20,22,26,28H,2,4-6,9-12,15-18,21H2,1H3,(H,33,39)(H,37,38)/t26-,28-/m0/s1. The second-order valence-electron chi connectivity index (χ2n) is 11.8. The number of hydrogen-bond acceptors (Lipinski definition) is 5. The normalized spacial score (nSPS) is 22.2. The second-order valence-corrected chi connectivity index (χ2v) is 14.1. The lowest BCUT2D eigenvalue weighted by Gasteiger charge is -2.36. The van der Waals surface area contributed by atoms with Crippen LogP contribution in [0.2, 0.25) is 5.02 Å². The maximum Gasteiger partial charge on any atom is 0.326 e. The number of amides is 2. The van der Waals surface area contributed by atoms with Crippen LogP contribution in [-0.4, -0.2) is 73.5 Å². The van der Waals surface area contributed by atoms with Gasteiger partial charge in [-0.1, -0.05) is 49.1 Å². The number of carboxylic acid groups (broad SMARTS) is 1. The average Bonchev–Trinajstić information content (AvgIpc) is 3.08. The number of nitrogens with zero attached hydrogens (tertiary/aromatic N) is 3. The van der Waals surface area contributed by atoms with Crippen LogP contribution >= 0.6 is 11.6 Å². The van der Waals surface area contributed by atoms with Crippen LogP contribution in [0.5, 0.6) is 0 Å². The minimum absolute atomic E-state index is 0.0798. The Kier molecular flexibility index (Phi) is 9.64. The van der Waals surface area contributed by atoms with Crippen LogP contribution in [-0.2, 0) is 21.2 Å². The Morgan fingerprint density at radius 3 is 2.36 bits per heavy atom. The number of para-hydroxylation sites is 1. The summed E-state index contributed by atoms with van der Waals surface area (Å²) in [6.45, 7) is 1.73. The molecule has 0 spiro atoms. The fourth-order valence-corrected chi connectivity index (χ4v) is 8.52. The zero-order valence-electron chi connectivity index (χ0n) is 24.2. The third-order valence-corrected chi connectivity index (χ3v) is 11.4. The van der Waals surface area contributed by atoms with E-state index in [1.165, 1.54) is 6.42 Å². The molecular weight excluding hydrogens is 576 g/mol. The highest BCUT2D eigenvalue weighted by Crippen LogP contribution is 2.42. The molecule has 0 unspecified atom stereocenters. The summed E-state index contributed by atoms with van der Waals surface area (Å²) in [6, 6.07) is 11.4. The third-order valence-electron chi connectivity index (χ3n) is 9.12. The quantitative estimate of drug-likeness (QED) is 0.416. The molecule has 9 nitrogen and oxygen atoms in total. The number of carboxylic acids is 1. The molecule has 5 rings (SSSR count). The molecular formula is C31H41ClN4O5S. The van der Waals surface area contributed by atoms with Crippen LogP contribution < -0.4 is 10.2 Å². The molecule has 2 aromatic carbocycles. The number of sulfonamides is 1. The van der Waals surface area contributed by atoms with Crippen LogP contribution in [0.1, 0.15) is 63.4 Å². The van der Waals surface area contributed by atoms with Crippen molar-refractivity contribution in [3.63, 3.8) is 0 Å². The molecule has 2 N–H and O–H groups in total. The summed E-state index contributed by atoms with van der Waals surface area (Å²) >= 11 is 6.79. The molecule has 0 aromatic heterocycles. The number of likely N-dealkylation sites (tertiary alicyclic amines) is 1. The molecule has 2 aliphatic heterocycles. The number of carbonyl (C=O) groups is 2. The molecule has 0 radical (unpaired) electrons. The molecule has 42 heavy (non-hydrogen) atoms. The number of carbonyl (C=O) groups excluding carboxylic acids is 1. The zero-order chi connectivity index (χ0) is 29.9. The topological polar surface area (TPSA) is 110 Å². The number of urea groups is 1. The van der Waals surface area contributed by atoms with E-state index in [4.69, 9.17) is 11.6 Å². The van der Waals surface area contributed by atoms with Gasteiger partial charge in [-0.3, -0.25) is 0 Å². The monoisotopic (exact) mass is 616 g/mol. The van der Waals surface area contributed by atoms with Crippen molar-refractivity contribution in [1.82, 2.24) is 14.5 Å². The molecule has 0 bridgehead atoms. The van der Waals surface area contributed by atoms with Crippen molar-refractivity contribution in [1.29, 1.82) is 0 Å². The zero-order valence-corrected chi connectivity index (χ0v) is 25.7. The average molecular weight is 617 g/mol. The van der Waals surface area contributed by atoms with Crippen molar-refractivity contribution in [3.8, 4) is 0 Å². The summed E-state index contributed by atoms with van der Waals surface area (Å²) in [7, 11) is -2.21. The number of hydrogen-bond donors (Lipinski definition) is 2. The van der Waals surface area contributed by atoms with Crippen molar-refractivity contribution in [2.45, 2.75) is 81.2 Å². The molecule has 1 saturated carbocycles. The van der Waals surface area contributed by atoms with E-state index in [0.29, 0.717) is 35.9 Å². The van der Waals surface area contributed by atoms with Gasteiger partial charge in [-0.05, 0) is 80.7 Å². The van der Waals surface area contributed by atoms with Gasteiger partial charge in [0.05, 0.1) is 5.69 Å². The molecule has 2 heterocycles. The number of fused-ring (bicyclic) bond motifs is 1. The predicted octanol–water partition coefficient (Wildman–Crippen LogP) is 5.64. The Morgan fingerprint density at radius 1 is 1.02 bits per heavy atom. The van der Waals surface area contributed by atoms with Gasteiger partial charge in [0.25, 0.3) is 0 Å². The molecule has 1 aliphatic carbocycles. The van der Waals surface area contributed by atoms with Gasteiger partial charge in [0, 0.05) is 43.4 Å². The first-order valence-corrected chi connectivity index (χ1v) is 16.9. The van der Waals surface area contributed by atoms with Crippen molar-refractivity contribution >= 4 is 45.0 Å². The molecule has 2 atom stereocenters. The smallest absolute Gasteiger partial charge is 0.326 e. The first kappa shape index (κ1) is 30.6. The Hall–Kier alpha value is -2.82. The van der Waals surface area contributed by atoms with Crippen LogP contribution in [0.4, 0.5) is 16.2 Å². The summed E-state index contributed by atoms with van der Waals surface area (Å²) in [5, 5.41) is 12.9. The van der Waals surface area contributed by atoms with Gasteiger partial charge in [0.15, 0.2) is 0 Å². The van der Waals surface area contributed by atoms with E-state index >= 15 is 0 Å². The minimum Gasteiger partial charge on any atom is -0.480 e. The number of anilines is 2. The van der Waals surface area contributed by atoms with Crippen LogP contribution in [0, 0.1) is 5.92 Å². The van der Waals surface area contributed by atoms with Gasteiger partial charge in [-0.15, -0.1) is 0 Å². The third kappa shape index (κ3) is 6.55. The predicted molar refractivity (Wildman–Crippen MR) is 164 cm³/mol. The molecule has 3 aliphatic rings. The van der Waals surface area contributed by atoms with Gasteiger partial charge in [-0.25, -0.2) is 18.0 Å². The van der Waals surface area contributed by atoms with E-state index in [1.807, 2.05) is 30.3 Å². The van der Waals surface area contributed by atoms with Crippen molar-refractivity contribution in [2.24, 2.45) is 5.92 Å². The molecule has 228 valence electrons. The van der Waals surface area contributed by atoms with E-state index in [2.05, 4.69) is 10.2 Å². The largest absolute Gasteiger partial charge is 0.480 e. The second kappa shape index (κ2) is 13.2. The number of aliphatic carboxylic acids is 1. The number of piperidine rings is 1. The van der Waals surface area contributed by atoms with Gasteiger partial charge >= 0.3 is 12.0 Å². The molecule has 2 fully saturated rings. The van der Waals surface area contributed by atoms with Crippen LogP contribution in [0.3, 0.4) is 0 Å². The van der Waals surface area contributed by atoms with E-state index in [1.54, 1.807) is 28.4 Å². The SMILES string of the molecule is CN1[C@H](C2CCCCC2)CN(c2ccccc2)c2cc(Cl)c(CC[C@H](NC(=O)N3CCCCC3)C(=O)O)cc2S1(=O)=O. The lowest BCUT2D eigenvalue weighted by Crippen LogP contribution is -2.49. The highest BCUT2D eigenvalue weighted by Gasteiger charge is 2.41. The summed E-state index contributed by atoms with van der Waals surface area (Å²) in [5.41, 5.74) is 1.95. The number of aryl methyl sites for hydroxylation is 1. The maximum atomic E-state index is 14.2. The molecule has 2 aromatic rings. The van der Waals surface area contributed by atoms with Gasteiger partial charge in [0.1, 0.15) is 10.9 Å². The molecule has 2 amide bonds. The molecule has 11 heteroatoms. The number of halogens is 1. The highest BCUT2D eigenvalue weighted by molar-refractivity contribution is 7.89. The lowest BCUT2D eigenvalue weighted by atomic mass is 9.83. The number of benzene rings is 2. The van der Waals surface area contributed by atoms with E-state index in [0.717, 1.165) is 50.6 Å². The Bertz CT molecular complexity index is 1380. The van der Waals surface area contributed by atoms with Crippen molar-refractivity contribution in [2.75, 3.05) is 31.6 Å². The van der Waals surface area contributed by atoms with Crippen molar-refractivity contribution < 1.29 is 23.1 Å². The summed E-state index contributed by atoms with van der Waals surface area (Å²) < 4.78 is 29.9. The van der Waals surface area contributed by atoms with Gasteiger partial charge in [-0.2, -0.15) is 4.31 Å². The Balaban J connectivity index is 1.45. The Morgan fingerprint density at radius 2 is 1.69 bits per heavy atom. The molecule has 1 saturated heterocycles. The number of rotatable bonds is 7. The Labute approximate surface area is 253 Å². The summed E-state index contributed by atoms with van der Waals surface area (Å²) in [4.78, 5) is 28.6. The first-order valence-electron chi connectivity index (χ1n) is 15.1. The van der Waals surface area contributed by atoms with E-state index in [-0.39, 0.29) is 35.7 Å². The summed E-state index contributed by atoms with van der Waals surface area (Å²) in [5.74, 6) is -0.877. The first-order chi connectivity index (χ1) is 20.2. The van der Waals surface area contributed by atoms with E-state index < -0.39 is 22.0 Å². The minimum atomic E-state index is -3.88. The van der Waals surface area contributed by atoms with Crippen LogP contribution in [0.15, 0.2) is 47.4 Å². The van der Waals surface area contributed by atoms with Gasteiger partial charge in [0.2, 0.25) is 10.0 Å². The van der Waals surface area contributed by atoms with E-state index in [9.17, 15) is 23.1 Å². The van der Waals surface area contributed by atoms with Crippen LogP contribution in [0.25, 0.3) is 0 Å². The number of likely N-dealkylation sites (N-methyl/N-ethyl adjacent to an activating group) is 1. The van der Waals surface area contributed by atoms with Crippen molar-refractivity contribution in [3.05, 3.63) is 53.1 Å². The number of nitrogens with one attached hydrogen (secondary N) is 1. The van der Waals surface area contributed by atoms with Gasteiger partial charge < -0.3 is 20.2 Å².